The smallest absolute Gasteiger partial charge is 0.0654 e. The summed E-state index contributed by atoms with van der Waals surface area (Å²) in [5.74, 6) is 0.934. The fourth-order valence-corrected chi connectivity index (χ4v) is 5.39. The molecule has 2 nitrogen and oxygen atoms in total. The van der Waals surface area contributed by atoms with Gasteiger partial charge in [-0.1, -0.05) is 27.2 Å². The van der Waals surface area contributed by atoms with Crippen molar-refractivity contribution in [3.63, 3.8) is 0 Å². The van der Waals surface area contributed by atoms with E-state index in [2.05, 4.69) is 20.8 Å². The lowest BCUT2D eigenvalue weighted by Crippen LogP contribution is -2.57. The molecule has 106 valence electrons. The van der Waals surface area contributed by atoms with E-state index in [1.54, 1.807) is 0 Å². The van der Waals surface area contributed by atoms with E-state index < -0.39 is 5.60 Å². The number of aliphatic hydroxyl groups is 2. The van der Waals surface area contributed by atoms with E-state index in [0.29, 0.717) is 11.3 Å². The quantitative estimate of drug-likeness (QED) is 0.793. The van der Waals surface area contributed by atoms with Crippen LogP contribution >= 0.6 is 0 Å². The second-order valence-corrected chi connectivity index (χ2v) is 7.86. The summed E-state index contributed by atoms with van der Waals surface area (Å²) >= 11 is 0. The molecule has 2 N–H and O–H groups in total. The number of fused-ring (bicyclic) bond motifs is 1. The first-order valence-electron chi connectivity index (χ1n) is 7.57. The standard InChI is InChI=1S/C16H30O2/c1-14(2)8-5-9-15(3)12(14)6-10-16(4,18)13(15)7-11-17/h12-13,17-18H,5-11H2,1-4H3/t12?,13-,15?,16-/m1/s1. The van der Waals surface area contributed by atoms with Crippen LogP contribution < -0.4 is 0 Å². The average molecular weight is 254 g/mol. The SMILES string of the molecule is CC1(C)CCCC2(C)C1CC[C@@](C)(O)[C@@H]2CCO. The first-order chi connectivity index (χ1) is 8.24. The Hall–Kier alpha value is -0.0800. The molecule has 2 aliphatic carbocycles. The molecule has 2 aliphatic rings. The molecule has 0 aromatic heterocycles. The van der Waals surface area contributed by atoms with E-state index in [0.717, 1.165) is 19.3 Å². The van der Waals surface area contributed by atoms with Gasteiger partial charge < -0.3 is 10.2 Å². The van der Waals surface area contributed by atoms with Crippen molar-refractivity contribution in [2.75, 3.05) is 6.61 Å². The van der Waals surface area contributed by atoms with Gasteiger partial charge in [0.2, 0.25) is 0 Å². The summed E-state index contributed by atoms with van der Waals surface area (Å²) in [5.41, 5.74) is -0.00909. The van der Waals surface area contributed by atoms with Gasteiger partial charge in [0.25, 0.3) is 0 Å². The molecule has 0 aromatic rings. The van der Waals surface area contributed by atoms with Gasteiger partial charge in [0, 0.05) is 6.61 Å². The molecule has 2 fully saturated rings. The minimum Gasteiger partial charge on any atom is -0.396 e. The highest BCUT2D eigenvalue weighted by Gasteiger charge is 2.57. The molecular formula is C16H30O2. The lowest BCUT2D eigenvalue weighted by molar-refractivity contribution is -0.171. The maximum Gasteiger partial charge on any atom is 0.0654 e. The molecule has 2 rings (SSSR count). The second kappa shape index (κ2) is 4.49. The van der Waals surface area contributed by atoms with Gasteiger partial charge in [-0.25, -0.2) is 0 Å². The van der Waals surface area contributed by atoms with E-state index in [9.17, 15) is 10.2 Å². The highest BCUT2D eigenvalue weighted by molar-refractivity contribution is 5.07. The lowest BCUT2D eigenvalue weighted by Gasteiger charge is -2.61. The Bertz CT molecular complexity index is 308. The molecule has 0 heterocycles. The summed E-state index contributed by atoms with van der Waals surface area (Å²) in [4.78, 5) is 0. The molecule has 0 bridgehead atoms. The number of hydrogen-bond donors (Lipinski definition) is 2. The molecule has 0 amide bonds. The van der Waals surface area contributed by atoms with Crippen molar-refractivity contribution in [3.05, 3.63) is 0 Å². The predicted molar refractivity (Wildman–Crippen MR) is 74.3 cm³/mol. The number of aliphatic hydroxyl groups excluding tert-OH is 1. The Labute approximate surface area is 112 Å². The van der Waals surface area contributed by atoms with Crippen LogP contribution in [0.5, 0.6) is 0 Å². The fourth-order valence-electron chi connectivity index (χ4n) is 5.39. The highest BCUT2D eigenvalue weighted by Crippen LogP contribution is 2.62. The summed E-state index contributed by atoms with van der Waals surface area (Å²) in [7, 11) is 0. The van der Waals surface area contributed by atoms with Gasteiger partial charge >= 0.3 is 0 Å². The van der Waals surface area contributed by atoms with Crippen molar-refractivity contribution in [1.82, 2.24) is 0 Å². The van der Waals surface area contributed by atoms with E-state index in [-0.39, 0.29) is 17.9 Å². The minimum absolute atomic E-state index is 0.198. The van der Waals surface area contributed by atoms with Gasteiger partial charge in [0.05, 0.1) is 5.60 Å². The van der Waals surface area contributed by atoms with Gasteiger partial charge in [-0.2, -0.15) is 0 Å². The van der Waals surface area contributed by atoms with Crippen LogP contribution in [0.4, 0.5) is 0 Å². The summed E-state index contributed by atoms with van der Waals surface area (Å²) in [6.07, 6.45) is 6.55. The Morgan fingerprint density at radius 1 is 1.06 bits per heavy atom. The molecule has 0 spiro atoms. The van der Waals surface area contributed by atoms with Gasteiger partial charge in [0.1, 0.15) is 0 Å². The molecular weight excluding hydrogens is 224 g/mol. The molecule has 2 heteroatoms. The van der Waals surface area contributed by atoms with Crippen molar-refractivity contribution in [2.45, 2.75) is 71.8 Å². The third kappa shape index (κ3) is 2.12. The first-order valence-corrected chi connectivity index (χ1v) is 7.57. The van der Waals surface area contributed by atoms with Gasteiger partial charge in [-0.15, -0.1) is 0 Å². The highest BCUT2D eigenvalue weighted by atomic mass is 16.3. The van der Waals surface area contributed by atoms with E-state index >= 15 is 0 Å². The second-order valence-electron chi connectivity index (χ2n) is 7.86. The maximum atomic E-state index is 10.7. The van der Waals surface area contributed by atoms with E-state index in [1.807, 2.05) is 6.92 Å². The summed E-state index contributed by atoms with van der Waals surface area (Å²) in [5, 5.41) is 20.1. The molecule has 4 atom stereocenters. The molecule has 2 saturated carbocycles. The van der Waals surface area contributed by atoms with Crippen LogP contribution in [-0.4, -0.2) is 22.4 Å². The van der Waals surface area contributed by atoms with Crippen LogP contribution in [0.25, 0.3) is 0 Å². The van der Waals surface area contributed by atoms with Crippen LogP contribution in [0.2, 0.25) is 0 Å². The fraction of sp³-hybridized carbons (Fsp3) is 1.00. The Kier molecular flexibility index (Phi) is 3.57. The zero-order chi connectivity index (χ0) is 13.6. The molecule has 0 radical (unpaired) electrons. The Morgan fingerprint density at radius 2 is 1.72 bits per heavy atom. The number of hydrogen-bond acceptors (Lipinski definition) is 2. The Morgan fingerprint density at radius 3 is 2.33 bits per heavy atom. The minimum atomic E-state index is -0.596. The summed E-state index contributed by atoms with van der Waals surface area (Å²) in [6.45, 7) is 9.34. The average Bonchev–Trinajstić information content (AvgIpc) is 2.22. The van der Waals surface area contributed by atoms with Gasteiger partial charge in [-0.05, 0) is 61.7 Å². The summed E-state index contributed by atoms with van der Waals surface area (Å²) < 4.78 is 0. The molecule has 0 saturated heterocycles. The lowest BCUT2D eigenvalue weighted by atomic mass is 9.45. The predicted octanol–water partition coefficient (Wildman–Crippen LogP) is 3.36. The molecule has 0 aromatic carbocycles. The normalized spacial score (nSPS) is 47.7. The van der Waals surface area contributed by atoms with Crippen molar-refractivity contribution in [3.8, 4) is 0 Å². The third-order valence-corrected chi connectivity index (χ3v) is 6.18. The summed E-state index contributed by atoms with van der Waals surface area (Å²) in [6, 6.07) is 0. The molecule has 0 aliphatic heterocycles. The largest absolute Gasteiger partial charge is 0.396 e. The van der Waals surface area contributed by atoms with Crippen LogP contribution in [0, 0.1) is 22.7 Å². The zero-order valence-corrected chi connectivity index (χ0v) is 12.5. The van der Waals surface area contributed by atoms with E-state index in [4.69, 9.17) is 0 Å². The van der Waals surface area contributed by atoms with E-state index in [1.165, 1.54) is 19.3 Å². The molecule has 18 heavy (non-hydrogen) atoms. The monoisotopic (exact) mass is 254 g/mol. The third-order valence-electron chi connectivity index (χ3n) is 6.18. The van der Waals surface area contributed by atoms with Crippen LogP contribution in [-0.2, 0) is 0 Å². The van der Waals surface area contributed by atoms with Gasteiger partial charge in [-0.3, -0.25) is 0 Å². The van der Waals surface area contributed by atoms with Crippen LogP contribution in [0.15, 0.2) is 0 Å². The van der Waals surface area contributed by atoms with Crippen molar-refractivity contribution >= 4 is 0 Å². The maximum absolute atomic E-state index is 10.7. The topological polar surface area (TPSA) is 40.5 Å². The molecule has 2 unspecified atom stereocenters. The van der Waals surface area contributed by atoms with Crippen LogP contribution in [0.3, 0.4) is 0 Å². The Balaban J connectivity index is 2.35. The van der Waals surface area contributed by atoms with Crippen molar-refractivity contribution in [2.24, 2.45) is 22.7 Å². The van der Waals surface area contributed by atoms with Crippen LogP contribution in [0.1, 0.15) is 66.2 Å². The van der Waals surface area contributed by atoms with Crippen molar-refractivity contribution in [1.29, 1.82) is 0 Å². The number of rotatable bonds is 2. The van der Waals surface area contributed by atoms with Crippen molar-refractivity contribution < 1.29 is 10.2 Å². The zero-order valence-electron chi connectivity index (χ0n) is 12.5. The first kappa shape index (κ1) is 14.3. The van der Waals surface area contributed by atoms with Gasteiger partial charge in [0.15, 0.2) is 0 Å².